The van der Waals surface area contributed by atoms with Crippen LogP contribution in [-0.4, -0.2) is 18.0 Å². The summed E-state index contributed by atoms with van der Waals surface area (Å²) in [5.41, 5.74) is -0.0353. The number of esters is 1. The standard InChI is InChI=1S/C10H6ClNO4S/c1-16-10(13)9-8(11)6-3-2-5(12(14)15)4-7(6)17-9/h2-4H,1H3. The first kappa shape index (κ1) is 11.8. The lowest BCUT2D eigenvalue weighted by molar-refractivity contribution is -0.384. The summed E-state index contributed by atoms with van der Waals surface area (Å²) < 4.78 is 5.17. The number of non-ortho nitro benzene ring substituents is 1. The second-order valence-corrected chi connectivity index (χ2v) is 4.60. The number of fused-ring (bicyclic) bond motifs is 1. The molecule has 0 unspecified atom stereocenters. The Labute approximate surface area is 105 Å². The molecule has 0 aliphatic heterocycles. The summed E-state index contributed by atoms with van der Waals surface area (Å²) in [7, 11) is 1.26. The monoisotopic (exact) mass is 271 g/mol. The van der Waals surface area contributed by atoms with Gasteiger partial charge in [0.15, 0.2) is 0 Å². The minimum atomic E-state index is -0.543. The van der Waals surface area contributed by atoms with E-state index in [1.807, 2.05) is 0 Å². The summed E-state index contributed by atoms with van der Waals surface area (Å²) in [5, 5.41) is 11.5. The van der Waals surface area contributed by atoms with Gasteiger partial charge < -0.3 is 4.74 Å². The van der Waals surface area contributed by atoms with Gasteiger partial charge in [0.1, 0.15) is 4.88 Å². The molecule has 1 heterocycles. The zero-order valence-corrected chi connectivity index (χ0v) is 10.2. The van der Waals surface area contributed by atoms with Crippen LogP contribution in [0.3, 0.4) is 0 Å². The van der Waals surface area contributed by atoms with Gasteiger partial charge in [0, 0.05) is 22.2 Å². The second kappa shape index (κ2) is 4.31. The second-order valence-electron chi connectivity index (χ2n) is 3.17. The highest BCUT2D eigenvalue weighted by Gasteiger charge is 2.19. The average molecular weight is 272 g/mol. The normalized spacial score (nSPS) is 10.5. The SMILES string of the molecule is COC(=O)c1sc2cc([N+](=O)[O-])ccc2c1Cl. The summed E-state index contributed by atoms with van der Waals surface area (Å²) in [4.78, 5) is 21.8. The number of benzene rings is 1. The van der Waals surface area contributed by atoms with Crippen LogP contribution in [0.5, 0.6) is 0 Å². The van der Waals surface area contributed by atoms with Crippen LogP contribution in [-0.2, 0) is 4.74 Å². The first-order chi connectivity index (χ1) is 8.04. The molecule has 0 spiro atoms. The minimum Gasteiger partial charge on any atom is -0.465 e. The van der Waals surface area contributed by atoms with E-state index < -0.39 is 10.9 Å². The fraction of sp³-hybridized carbons (Fsp3) is 0.100. The molecule has 7 heteroatoms. The number of nitro benzene ring substituents is 1. The number of nitro groups is 1. The number of carbonyl (C=O) groups is 1. The molecular formula is C10H6ClNO4S. The van der Waals surface area contributed by atoms with Gasteiger partial charge in [-0.25, -0.2) is 4.79 Å². The summed E-state index contributed by atoms with van der Waals surface area (Å²) in [5.74, 6) is -0.543. The molecule has 0 bridgehead atoms. The lowest BCUT2D eigenvalue weighted by Gasteiger charge is -1.94. The molecule has 0 fully saturated rings. The van der Waals surface area contributed by atoms with Gasteiger partial charge in [-0.1, -0.05) is 11.6 Å². The molecule has 2 rings (SSSR count). The number of hydrogen-bond donors (Lipinski definition) is 0. The largest absolute Gasteiger partial charge is 0.465 e. The fourth-order valence-electron chi connectivity index (χ4n) is 1.39. The zero-order chi connectivity index (χ0) is 12.6. The van der Waals surface area contributed by atoms with Gasteiger partial charge in [-0.15, -0.1) is 11.3 Å². The number of halogens is 1. The van der Waals surface area contributed by atoms with Crippen LogP contribution in [0.2, 0.25) is 5.02 Å². The number of hydrogen-bond acceptors (Lipinski definition) is 5. The number of rotatable bonds is 2. The minimum absolute atomic E-state index is 0.0353. The molecule has 0 saturated carbocycles. The maximum absolute atomic E-state index is 11.4. The van der Waals surface area contributed by atoms with E-state index in [2.05, 4.69) is 4.74 Å². The molecule has 5 nitrogen and oxygen atoms in total. The Morgan fingerprint density at radius 3 is 2.82 bits per heavy atom. The van der Waals surface area contributed by atoms with Crippen molar-refractivity contribution >= 4 is 44.7 Å². The van der Waals surface area contributed by atoms with Gasteiger partial charge in [-0.2, -0.15) is 0 Å². The van der Waals surface area contributed by atoms with E-state index in [4.69, 9.17) is 11.6 Å². The predicted molar refractivity (Wildman–Crippen MR) is 64.8 cm³/mol. The van der Waals surface area contributed by atoms with Crippen LogP contribution >= 0.6 is 22.9 Å². The molecule has 17 heavy (non-hydrogen) atoms. The van der Waals surface area contributed by atoms with E-state index in [1.54, 1.807) is 0 Å². The predicted octanol–water partition coefficient (Wildman–Crippen LogP) is 3.25. The molecule has 88 valence electrons. The maximum atomic E-state index is 11.4. The lowest BCUT2D eigenvalue weighted by atomic mass is 10.2. The molecule has 0 N–H and O–H groups in total. The first-order valence-corrected chi connectivity index (χ1v) is 5.68. The van der Waals surface area contributed by atoms with Crippen molar-refractivity contribution in [2.24, 2.45) is 0 Å². The van der Waals surface area contributed by atoms with Crippen molar-refractivity contribution in [1.82, 2.24) is 0 Å². The average Bonchev–Trinajstić information content (AvgIpc) is 2.65. The van der Waals surface area contributed by atoms with E-state index in [0.717, 1.165) is 11.3 Å². The molecular weight excluding hydrogens is 266 g/mol. The van der Waals surface area contributed by atoms with Crippen molar-refractivity contribution in [3.8, 4) is 0 Å². The van der Waals surface area contributed by atoms with Crippen LogP contribution in [0.1, 0.15) is 9.67 Å². The topological polar surface area (TPSA) is 69.4 Å². The molecule has 0 aliphatic rings. The van der Waals surface area contributed by atoms with Crippen LogP contribution in [0.4, 0.5) is 5.69 Å². The Kier molecular flexibility index (Phi) is 2.99. The fourth-order valence-corrected chi connectivity index (χ4v) is 2.85. The summed E-state index contributed by atoms with van der Waals surface area (Å²) in [6, 6.07) is 4.26. The van der Waals surface area contributed by atoms with E-state index in [9.17, 15) is 14.9 Å². The van der Waals surface area contributed by atoms with E-state index in [-0.39, 0.29) is 15.6 Å². The van der Waals surface area contributed by atoms with Gasteiger partial charge in [0.25, 0.3) is 5.69 Å². The summed E-state index contributed by atoms with van der Waals surface area (Å²) in [6.45, 7) is 0. The first-order valence-electron chi connectivity index (χ1n) is 4.49. The zero-order valence-electron chi connectivity index (χ0n) is 8.60. The smallest absolute Gasteiger partial charge is 0.349 e. The maximum Gasteiger partial charge on any atom is 0.349 e. The van der Waals surface area contributed by atoms with Crippen molar-refractivity contribution in [3.05, 3.63) is 38.2 Å². The van der Waals surface area contributed by atoms with Crippen LogP contribution in [0.15, 0.2) is 18.2 Å². The number of ether oxygens (including phenoxy) is 1. The number of carbonyl (C=O) groups excluding carboxylic acids is 1. The Bertz CT molecular complexity index is 622. The number of thiophene rings is 1. The van der Waals surface area contributed by atoms with Gasteiger partial charge in [-0.3, -0.25) is 10.1 Å². The van der Waals surface area contributed by atoms with Gasteiger partial charge in [-0.05, 0) is 6.07 Å². The van der Waals surface area contributed by atoms with Gasteiger partial charge in [0.2, 0.25) is 0 Å². The summed E-state index contributed by atoms with van der Waals surface area (Å²) in [6.07, 6.45) is 0. The Hall–Kier alpha value is -1.66. The molecule has 0 radical (unpaired) electrons. The Morgan fingerprint density at radius 1 is 1.53 bits per heavy atom. The van der Waals surface area contributed by atoms with Crippen LogP contribution in [0, 0.1) is 10.1 Å². The molecule has 0 atom stereocenters. The Balaban J connectivity index is 2.65. The number of nitrogens with zero attached hydrogens (tertiary/aromatic N) is 1. The highest BCUT2D eigenvalue weighted by Crippen LogP contribution is 2.37. The molecule has 0 aliphatic carbocycles. The third kappa shape index (κ3) is 1.96. The van der Waals surface area contributed by atoms with Gasteiger partial charge >= 0.3 is 5.97 Å². The molecule has 1 aromatic carbocycles. The van der Waals surface area contributed by atoms with Crippen molar-refractivity contribution in [1.29, 1.82) is 0 Å². The number of methoxy groups -OCH3 is 1. The van der Waals surface area contributed by atoms with Crippen molar-refractivity contribution in [2.45, 2.75) is 0 Å². The lowest BCUT2D eigenvalue weighted by Crippen LogP contribution is -1.97. The van der Waals surface area contributed by atoms with Gasteiger partial charge in [0.05, 0.1) is 17.1 Å². The molecule has 2 aromatic rings. The van der Waals surface area contributed by atoms with E-state index >= 15 is 0 Å². The van der Waals surface area contributed by atoms with Crippen LogP contribution < -0.4 is 0 Å². The molecule has 0 saturated heterocycles. The summed E-state index contributed by atoms with van der Waals surface area (Å²) >= 11 is 7.08. The van der Waals surface area contributed by atoms with Crippen molar-refractivity contribution in [2.75, 3.05) is 7.11 Å². The third-order valence-corrected chi connectivity index (χ3v) is 3.83. The Morgan fingerprint density at radius 2 is 2.24 bits per heavy atom. The van der Waals surface area contributed by atoms with E-state index in [1.165, 1.54) is 25.3 Å². The van der Waals surface area contributed by atoms with Crippen LogP contribution in [0.25, 0.3) is 10.1 Å². The molecule has 1 aromatic heterocycles. The highest BCUT2D eigenvalue weighted by atomic mass is 35.5. The van der Waals surface area contributed by atoms with E-state index in [0.29, 0.717) is 10.1 Å². The molecule has 0 amide bonds. The highest BCUT2D eigenvalue weighted by molar-refractivity contribution is 7.21. The third-order valence-electron chi connectivity index (χ3n) is 2.19. The quantitative estimate of drug-likeness (QED) is 0.478. The van der Waals surface area contributed by atoms with Crippen molar-refractivity contribution in [3.63, 3.8) is 0 Å². The van der Waals surface area contributed by atoms with Crippen molar-refractivity contribution < 1.29 is 14.5 Å².